The van der Waals surface area contributed by atoms with Gasteiger partial charge in [-0.15, -0.1) is 0 Å². The summed E-state index contributed by atoms with van der Waals surface area (Å²) in [5.41, 5.74) is 3.40. The van der Waals surface area contributed by atoms with Crippen LogP contribution in [-0.4, -0.2) is 19.0 Å². The van der Waals surface area contributed by atoms with Gasteiger partial charge < -0.3 is 10.6 Å². The monoisotopic (exact) mass is 218 g/mol. The van der Waals surface area contributed by atoms with Gasteiger partial charge in [-0.25, -0.2) is 0 Å². The van der Waals surface area contributed by atoms with Gasteiger partial charge >= 0.3 is 0 Å². The zero-order valence-corrected chi connectivity index (χ0v) is 9.68. The van der Waals surface area contributed by atoms with E-state index in [-0.39, 0.29) is 5.91 Å². The summed E-state index contributed by atoms with van der Waals surface area (Å²) in [5, 5.41) is 6.21. The highest BCUT2D eigenvalue weighted by Crippen LogP contribution is 2.15. The Hall–Kier alpha value is -1.35. The minimum Gasteiger partial charge on any atom is -0.352 e. The van der Waals surface area contributed by atoms with E-state index in [0.717, 1.165) is 38.0 Å². The van der Waals surface area contributed by atoms with E-state index in [1.807, 2.05) is 12.1 Å². The smallest absolute Gasteiger partial charge is 0.251 e. The molecule has 0 aromatic heterocycles. The number of hydrogen-bond acceptors (Lipinski definition) is 2. The summed E-state index contributed by atoms with van der Waals surface area (Å²) in [5.74, 6) is 0.0372. The highest BCUT2D eigenvalue weighted by Gasteiger charge is 2.11. The summed E-state index contributed by atoms with van der Waals surface area (Å²) >= 11 is 0. The van der Waals surface area contributed by atoms with Gasteiger partial charge in [0.05, 0.1) is 0 Å². The first kappa shape index (κ1) is 11.1. The van der Waals surface area contributed by atoms with Crippen molar-refractivity contribution in [2.45, 2.75) is 26.3 Å². The molecule has 0 bridgehead atoms. The summed E-state index contributed by atoms with van der Waals surface area (Å²) < 4.78 is 0. The van der Waals surface area contributed by atoms with Crippen LogP contribution in [0.5, 0.6) is 0 Å². The maximum absolute atomic E-state index is 11.8. The Morgan fingerprint density at radius 2 is 2.31 bits per heavy atom. The van der Waals surface area contributed by atoms with E-state index < -0.39 is 0 Å². The Kier molecular flexibility index (Phi) is 3.57. The molecule has 0 spiro atoms. The fourth-order valence-corrected chi connectivity index (χ4v) is 1.96. The Morgan fingerprint density at radius 3 is 3.12 bits per heavy atom. The molecule has 3 heteroatoms. The van der Waals surface area contributed by atoms with Gasteiger partial charge in [0.2, 0.25) is 0 Å². The number of hydrogen-bond donors (Lipinski definition) is 2. The van der Waals surface area contributed by atoms with Crippen LogP contribution in [0.15, 0.2) is 18.2 Å². The maximum Gasteiger partial charge on any atom is 0.251 e. The summed E-state index contributed by atoms with van der Waals surface area (Å²) in [7, 11) is 0. The van der Waals surface area contributed by atoms with Crippen molar-refractivity contribution >= 4 is 5.91 Å². The Morgan fingerprint density at radius 1 is 1.44 bits per heavy atom. The topological polar surface area (TPSA) is 41.1 Å². The molecule has 1 amide bonds. The maximum atomic E-state index is 11.8. The van der Waals surface area contributed by atoms with Crippen LogP contribution in [0.4, 0.5) is 0 Å². The average Bonchev–Trinajstić information content (AvgIpc) is 2.35. The third kappa shape index (κ3) is 2.42. The molecule has 0 fully saturated rings. The van der Waals surface area contributed by atoms with Crippen LogP contribution in [0.25, 0.3) is 0 Å². The third-order valence-corrected chi connectivity index (χ3v) is 2.89. The molecule has 2 rings (SSSR count). The highest BCUT2D eigenvalue weighted by molar-refractivity contribution is 5.94. The molecule has 2 N–H and O–H groups in total. The first-order valence-corrected chi connectivity index (χ1v) is 5.92. The molecular formula is C13H18N2O. The first-order valence-electron chi connectivity index (χ1n) is 5.92. The second kappa shape index (κ2) is 5.12. The van der Waals surface area contributed by atoms with Gasteiger partial charge in [0.1, 0.15) is 0 Å². The molecule has 86 valence electrons. The van der Waals surface area contributed by atoms with E-state index in [9.17, 15) is 4.79 Å². The van der Waals surface area contributed by atoms with Crippen LogP contribution in [-0.2, 0) is 13.0 Å². The van der Waals surface area contributed by atoms with Gasteiger partial charge in [-0.05, 0) is 42.6 Å². The lowest BCUT2D eigenvalue weighted by atomic mass is 9.98. The lowest BCUT2D eigenvalue weighted by Gasteiger charge is -2.17. The van der Waals surface area contributed by atoms with Crippen molar-refractivity contribution in [3.8, 4) is 0 Å². The van der Waals surface area contributed by atoms with E-state index in [1.54, 1.807) is 0 Å². The molecule has 1 aromatic rings. The second-order valence-electron chi connectivity index (χ2n) is 4.17. The first-order chi connectivity index (χ1) is 7.81. The largest absolute Gasteiger partial charge is 0.352 e. The van der Waals surface area contributed by atoms with Gasteiger partial charge in [-0.1, -0.05) is 13.0 Å². The standard InChI is InChI=1S/C13H18N2O/c1-2-6-15-13(16)11-4-3-10-5-7-14-9-12(10)8-11/h3-4,8,14H,2,5-7,9H2,1H3,(H,15,16). The summed E-state index contributed by atoms with van der Waals surface area (Å²) in [6, 6.07) is 6.01. The van der Waals surface area contributed by atoms with Crippen LogP contribution in [0.3, 0.4) is 0 Å². The van der Waals surface area contributed by atoms with Crippen LogP contribution >= 0.6 is 0 Å². The van der Waals surface area contributed by atoms with Gasteiger partial charge in [-0.3, -0.25) is 4.79 Å². The van der Waals surface area contributed by atoms with E-state index >= 15 is 0 Å². The molecule has 0 saturated carbocycles. The number of benzene rings is 1. The summed E-state index contributed by atoms with van der Waals surface area (Å²) in [6.07, 6.45) is 2.03. The summed E-state index contributed by atoms with van der Waals surface area (Å²) in [6.45, 7) is 4.71. The number of amides is 1. The van der Waals surface area contributed by atoms with Gasteiger partial charge in [0.25, 0.3) is 5.91 Å². The van der Waals surface area contributed by atoms with Crippen LogP contribution < -0.4 is 10.6 Å². The molecule has 16 heavy (non-hydrogen) atoms. The molecule has 1 aromatic carbocycles. The fraction of sp³-hybridized carbons (Fsp3) is 0.462. The van der Waals surface area contributed by atoms with E-state index in [1.165, 1.54) is 11.1 Å². The number of carbonyl (C=O) groups excluding carboxylic acids is 1. The summed E-state index contributed by atoms with van der Waals surface area (Å²) in [4.78, 5) is 11.8. The van der Waals surface area contributed by atoms with Crippen LogP contribution in [0.1, 0.15) is 34.8 Å². The Bertz CT molecular complexity index is 388. The van der Waals surface area contributed by atoms with Crippen molar-refractivity contribution in [3.63, 3.8) is 0 Å². The highest BCUT2D eigenvalue weighted by atomic mass is 16.1. The minimum atomic E-state index is 0.0372. The van der Waals surface area contributed by atoms with Gasteiger partial charge in [0.15, 0.2) is 0 Å². The average molecular weight is 218 g/mol. The number of rotatable bonds is 3. The van der Waals surface area contributed by atoms with Crippen LogP contribution in [0.2, 0.25) is 0 Å². The molecule has 3 nitrogen and oxygen atoms in total. The van der Waals surface area contributed by atoms with Crippen molar-refractivity contribution in [1.82, 2.24) is 10.6 Å². The molecule has 0 atom stereocenters. The fourth-order valence-electron chi connectivity index (χ4n) is 1.96. The zero-order valence-electron chi connectivity index (χ0n) is 9.68. The Labute approximate surface area is 96.2 Å². The molecule has 1 aliphatic heterocycles. The lowest BCUT2D eigenvalue weighted by Crippen LogP contribution is -2.26. The zero-order chi connectivity index (χ0) is 11.4. The third-order valence-electron chi connectivity index (χ3n) is 2.89. The van der Waals surface area contributed by atoms with Gasteiger partial charge in [-0.2, -0.15) is 0 Å². The van der Waals surface area contributed by atoms with E-state index in [0.29, 0.717) is 0 Å². The Balaban J connectivity index is 2.13. The lowest BCUT2D eigenvalue weighted by molar-refractivity contribution is 0.0953. The van der Waals surface area contributed by atoms with Crippen LogP contribution in [0, 0.1) is 0 Å². The number of fused-ring (bicyclic) bond motifs is 1. The van der Waals surface area contributed by atoms with Crippen molar-refractivity contribution < 1.29 is 4.79 Å². The van der Waals surface area contributed by atoms with E-state index in [4.69, 9.17) is 0 Å². The molecule has 0 radical (unpaired) electrons. The van der Waals surface area contributed by atoms with E-state index in [2.05, 4.69) is 23.6 Å². The van der Waals surface area contributed by atoms with Crippen molar-refractivity contribution in [2.24, 2.45) is 0 Å². The minimum absolute atomic E-state index is 0.0372. The molecule has 1 aliphatic rings. The SMILES string of the molecule is CCCNC(=O)c1ccc2c(c1)CNCC2. The number of nitrogens with one attached hydrogen (secondary N) is 2. The van der Waals surface area contributed by atoms with Crippen molar-refractivity contribution in [3.05, 3.63) is 34.9 Å². The molecule has 0 saturated heterocycles. The molecule has 1 heterocycles. The van der Waals surface area contributed by atoms with Crippen molar-refractivity contribution in [1.29, 1.82) is 0 Å². The number of carbonyl (C=O) groups is 1. The molecule has 0 unspecified atom stereocenters. The molecular weight excluding hydrogens is 200 g/mol. The normalized spacial score (nSPS) is 14.3. The molecule has 0 aliphatic carbocycles. The predicted octanol–water partition coefficient (Wildman–Crippen LogP) is 1.47. The van der Waals surface area contributed by atoms with Crippen molar-refractivity contribution in [2.75, 3.05) is 13.1 Å². The van der Waals surface area contributed by atoms with Gasteiger partial charge in [0, 0.05) is 18.7 Å². The quantitative estimate of drug-likeness (QED) is 0.806. The predicted molar refractivity (Wildman–Crippen MR) is 64.5 cm³/mol. The second-order valence-corrected chi connectivity index (χ2v) is 4.17.